The standard InChI is InChI=1S/C28H22ClF3N2O4S/c1-2-3-15-38-27(37)17-7-11-21(12-8-17)34-25(35)23(33-20-6-4-5-18(16-20)28(30,31)32)24(26(34)36)39-22-13-9-19(29)10-14-22/h4-14,16,33H,2-3,15H2,1H3. The number of carbonyl (C=O) groups excluding carboxylic acids is 3. The number of alkyl halides is 3. The number of ether oxygens (including phenoxy) is 1. The molecule has 0 aliphatic carbocycles. The van der Waals surface area contributed by atoms with Gasteiger partial charge in [0.25, 0.3) is 11.8 Å². The van der Waals surface area contributed by atoms with Crippen molar-refractivity contribution in [2.45, 2.75) is 30.8 Å². The van der Waals surface area contributed by atoms with Crippen LogP contribution in [0.2, 0.25) is 5.02 Å². The van der Waals surface area contributed by atoms with Crippen molar-refractivity contribution < 1.29 is 32.3 Å². The lowest BCUT2D eigenvalue weighted by atomic mass is 10.2. The Hall–Kier alpha value is -3.76. The molecule has 0 radical (unpaired) electrons. The van der Waals surface area contributed by atoms with E-state index in [0.29, 0.717) is 9.92 Å². The van der Waals surface area contributed by atoms with Gasteiger partial charge in [0.05, 0.1) is 23.4 Å². The fourth-order valence-electron chi connectivity index (χ4n) is 3.63. The summed E-state index contributed by atoms with van der Waals surface area (Å²) in [5, 5.41) is 3.19. The van der Waals surface area contributed by atoms with E-state index in [0.717, 1.165) is 41.6 Å². The molecular formula is C28H22ClF3N2O4S. The van der Waals surface area contributed by atoms with Gasteiger partial charge in [-0.25, -0.2) is 9.69 Å². The van der Waals surface area contributed by atoms with Crippen LogP contribution in [0.5, 0.6) is 0 Å². The van der Waals surface area contributed by atoms with Crippen LogP contribution < -0.4 is 10.2 Å². The summed E-state index contributed by atoms with van der Waals surface area (Å²) < 4.78 is 45.0. The molecule has 3 aromatic rings. The summed E-state index contributed by atoms with van der Waals surface area (Å²) in [5.74, 6) is -1.96. The van der Waals surface area contributed by atoms with Crippen LogP contribution in [0.3, 0.4) is 0 Å². The van der Waals surface area contributed by atoms with Crippen molar-refractivity contribution in [2.75, 3.05) is 16.8 Å². The van der Waals surface area contributed by atoms with E-state index < -0.39 is 29.5 Å². The first-order chi connectivity index (χ1) is 18.6. The van der Waals surface area contributed by atoms with Gasteiger partial charge >= 0.3 is 12.1 Å². The fraction of sp³-hybridized carbons (Fsp3) is 0.179. The summed E-state index contributed by atoms with van der Waals surface area (Å²) in [5.41, 5.74) is -0.662. The zero-order chi connectivity index (χ0) is 28.2. The predicted octanol–water partition coefficient (Wildman–Crippen LogP) is 7.30. The van der Waals surface area contributed by atoms with Crippen LogP contribution >= 0.6 is 23.4 Å². The maximum atomic E-state index is 13.5. The van der Waals surface area contributed by atoms with Crippen molar-refractivity contribution in [1.29, 1.82) is 0 Å². The quantitative estimate of drug-likeness (QED) is 0.164. The molecule has 0 saturated heterocycles. The average molecular weight is 575 g/mol. The fourth-order valence-corrected chi connectivity index (χ4v) is 4.68. The van der Waals surface area contributed by atoms with Crippen molar-refractivity contribution in [3.05, 3.63) is 99.5 Å². The highest BCUT2D eigenvalue weighted by Gasteiger charge is 2.40. The molecule has 11 heteroatoms. The molecule has 6 nitrogen and oxygen atoms in total. The van der Waals surface area contributed by atoms with Gasteiger partial charge in [-0.3, -0.25) is 9.59 Å². The number of imide groups is 1. The highest BCUT2D eigenvalue weighted by atomic mass is 35.5. The number of esters is 1. The second kappa shape index (κ2) is 12.0. The lowest BCUT2D eigenvalue weighted by Gasteiger charge is -2.16. The van der Waals surface area contributed by atoms with Gasteiger partial charge in [-0.1, -0.05) is 42.8 Å². The second-order valence-corrected chi connectivity index (χ2v) is 9.97. The molecule has 0 fully saturated rings. The topological polar surface area (TPSA) is 75.7 Å². The summed E-state index contributed by atoms with van der Waals surface area (Å²) in [6.45, 7) is 2.25. The van der Waals surface area contributed by atoms with Crippen LogP contribution in [0.1, 0.15) is 35.7 Å². The van der Waals surface area contributed by atoms with Crippen molar-refractivity contribution in [3.8, 4) is 0 Å². The molecule has 0 atom stereocenters. The number of carbonyl (C=O) groups is 3. The molecule has 0 aromatic heterocycles. The van der Waals surface area contributed by atoms with E-state index in [-0.39, 0.29) is 34.1 Å². The maximum Gasteiger partial charge on any atom is 0.416 e. The Kier molecular flexibility index (Phi) is 8.66. The first kappa shape index (κ1) is 28.3. The smallest absolute Gasteiger partial charge is 0.416 e. The van der Waals surface area contributed by atoms with Gasteiger partial charge < -0.3 is 10.1 Å². The van der Waals surface area contributed by atoms with Crippen LogP contribution in [0.15, 0.2) is 88.3 Å². The normalized spacial score (nSPS) is 13.7. The number of thioether (sulfide) groups is 1. The van der Waals surface area contributed by atoms with Crippen molar-refractivity contribution >= 4 is 52.5 Å². The lowest BCUT2D eigenvalue weighted by Crippen LogP contribution is -2.32. The minimum atomic E-state index is -4.59. The Morgan fingerprint density at radius 2 is 1.69 bits per heavy atom. The zero-order valence-electron chi connectivity index (χ0n) is 20.5. The van der Waals surface area contributed by atoms with Crippen LogP contribution in [-0.2, 0) is 20.5 Å². The molecule has 1 N–H and O–H groups in total. The number of rotatable bonds is 9. The molecule has 3 aromatic carbocycles. The Morgan fingerprint density at radius 3 is 2.33 bits per heavy atom. The van der Waals surface area contributed by atoms with Crippen LogP contribution in [-0.4, -0.2) is 24.4 Å². The highest BCUT2D eigenvalue weighted by Crippen LogP contribution is 2.39. The summed E-state index contributed by atoms with van der Waals surface area (Å²) in [4.78, 5) is 40.7. The number of amides is 2. The van der Waals surface area contributed by atoms with E-state index in [1.54, 1.807) is 24.3 Å². The monoisotopic (exact) mass is 574 g/mol. The maximum absolute atomic E-state index is 13.5. The number of hydrogen-bond donors (Lipinski definition) is 1. The summed E-state index contributed by atoms with van der Waals surface area (Å²) in [6, 6.07) is 16.6. The number of nitrogens with zero attached hydrogens (tertiary/aromatic N) is 1. The summed E-state index contributed by atoms with van der Waals surface area (Å²) in [6.07, 6.45) is -3.00. The molecule has 1 aliphatic heterocycles. The Labute approximate surface area is 231 Å². The Balaban J connectivity index is 1.65. The first-order valence-corrected chi connectivity index (χ1v) is 13.1. The number of hydrogen-bond acceptors (Lipinski definition) is 6. The Morgan fingerprint density at radius 1 is 1.00 bits per heavy atom. The van der Waals surface area contributed by atoms with E-state index in [2.05, 4.69) is 5.32 Å². The van der Waals surface area contributed by atoms with Crippen molar-refractivity contribution in [1.82, 2.24) is 0 Å². The summed E-state index contributed by atoms with van der Waals surface area (Å²) in [7, 11) is 0. The molecule has 1 aliphatic rings. The van der Waals surface area contributed by atoms with Crippen LogP contribution in [0, 0.1) is 0 Å². The van der Waals surface area contributed by atoms with E-state index in [1.807, 2.05) is 6.92 Å². The molecule has 0 unspecified atom stereocenters. The largest absolute Gasteiger partial charge is 0.462 e. The van der Waals surface area contributed by atoms with E-state index in [1.165, 1.54) is 36.4 Å². The molecule has 39 heavy (non-hydrogen) atoms. The van der Waals surface area contributed by atoms with E-state index in [4.69, 9.17) is 16.3 Å². The number of halogens is 4. The molecule has 0 spiro atoms. The van der Waals surface area contributed by atoms with Crippen LogP contribution in [0.25, 0.3) is 0 Å². The second-order valence-electron chi connectivity index (χ2n) is 8.45. The first-order valence-electron chi connectivity index (χ1n) is 11.9. The van der Waals surface area contributed by atoms with Gasteiger partial charge in [0.2, 0.25) is 0 Å². The van der Waals surface area contributed by atoms with Gasteiger partial charge in [-0.05, 0) is 73.2 Å². The molecular weight excluding hydrogens is 553 g/mol. The number of benzene rings is 3. The minimum absolute atomic E-state index is 0.0113. The molecule has 2 amide bonds. The zero-order valence-corrected chi connectivity index (χ0v) is 22.1. The summed E-state index contributed by atoms with van der Waals surface area (Å²) >= 11 is 6.93. The third kappa shape index (κ3) is 6.63. The number of nitrogens with one attached hydrogen (secondary N) is 1. The molecule has 202 valence electrons. The number of unbranched alkanes of at least 4 members (excludes halogenated alkanes) is 1. The third-order valence-electron chi connectivity index (χ3n) is 5.63. The van der Waals surface area contributed by atoms with E-state index in [9.17, 15) is 27.6 Å². The Bertz CT molecular complexity index is 1420. The van der Waals surface area contributed by atoms with Gasteiger partial charge in [0, 0.05) is 15.6 Å². The van der Waals surface area contributed by atoms with Crippen molar-refractivity contribution in [3.63, 3.8) is 0 Å². The molecule has 0 saturated carbocycles. The van der Waals surface area contributed by atoms with Gasteiger partial charge in [-0.2, -0.15) is 13.2 Å². The van der Waals surface area contributed by atoms with E-state index >= 15 is 0 Å². The van der Waals surface area contributed by atoms with Gasteiger partial charge in [0.1, 0.15) is 10.6 Å². The third-order valence-corrected chi connectivity index (χ3v) is 6.97. The SMILES string of the molecule is CCCCOC(=O)c1ccc(N2C(=O)C(Nc3cccc(C(F)(F)F)c3)=C(Sc3ccc(Cl)cc3)C2=O)cc1. The number of anilines is 2. The minimum Gasteiger partial charge on any atom is -0.462 e. The predicted molar refractivity (Wildman–Crippen MR) is 144 cm³/mol. The molecule has 1 heterocycles. The molecule has 4 rings (SSSR count). The highest BCUT2D eigenvalue weighted by molar-refractivity contribution is 8.04. The van der Waals surface area contributed by atoms with Crippen molar-refractivity contribution in [2.24, 2.45) is 0 Å². The molecule has 0 bridgehead atoms. The van der Waals surface area contributed by atoms with Crippen LogP contribution in [0.4, 0.5) is 24.5 Å². The van der Waals surface area contributed by atoms with Gasteiger partial charge in [-0.15, -0.1) is 0 Å². The average Bonchev–Trinajstić information content (AvgIpc) is 3.13. The lowest BCUT2D eigenvalue weighted by molar-refractivity contribution is -0.137. The van der Waals surface area contributed by atoms with Gasteiger partial charge in [0.15, 0.2) is 0 Å².